The zero-order valence-corrected chi connectivity index (χ0v) is 14.8. The molecule has 8 heteroatoms. The van der Waals surface area contributed by atoms with Gasteiger partial charge in [0.05, 0.1) is 12.7 Å². The Kier molecular flexibility index (Phi) is 5.06. The minimum Gasteiger partial charge on any atom is -0.485 e. The molecule has 0 radical (unpaired) electrons. The van der Waals surface area contributed by atoms with Crippen LogP contribution in [0.4, 0.5) is 10.6 Å². The van der Waals surface area contributed by atoms with E-state index in [0.29, 0.717) is 19.6 Å². The van der Waals surface area contributed by atoms with E-state index < -0.39 is 0 Å². The molecule has 0 spiro atoms. The number of amides is 2. The normalized spacial score (nSPS) is 16.8. The van der Waals surface area contributed by atoms with E-state index in [0.717, 1.165) is 23.6 Å². The number of nitrogens with one attached hydrogen (secondary N) is 1. The number of pyridine rings is 1. The molecule has 1 fully saturated rings. The summed E-state index contributed by atoms with van der Waals surface area (Å²) in [4.78, 5) is 20.4. The summed E-state index contributed by atoms with van der Waals surface area (Å²) in [5.74, 6) is 1.54. The van der Waals surface area contributed by atoms with Gasteiger partial charge in [-0.05, 0) is 12.1 Å². The van der Waals surface area contributed by atoms with Crippen LogP contribution < -0.4 is 15.0 Å². The molecule has 3 heterocycles. The molecule has 0 saturated carbocycles. The third-order valence-electron chi connectivity index (χ3n) is 4.10. The van der Waals surface area contributed by atoms with Crippen LogP contribution in [0.2, 0.25) is 0 Å². The average Bonchev–Trinajstić information content (AvgIpc) is 3.22. The van der Waals surface area contributed by atoms with Gasteiger partial charge >= 0.3 is 6.03 Å². The van der Waals surface area contributed by atoms with Crippen LogP contribution in [0.15, 0.2) is 30.7 Å². The maximum Gasteiger partial charge on any atom is 0.317 e. The Morgan fingerprint density at radius 1 is 1.48 bits per heavy atom. The number of rotatable bonds is 5. The number of carbonyl (C=O) groups is 1. The van der Waals surface area contributed by atoms with Crippen molar-refractivity contribution in [3.8, 4) is 5.75 Å². The maximum absolute atomic E-state index is 12.3. The number of anilines is 1. The fourth-order valence-electron chi connectivity index (χ4n) is 2.85. The van der Waals surface area contributed by atoms with Crippen LogP contribution in [0, 0.1) is 0 Å². The highest BCUT2D eigenvalue weighted by molar-refractivity contribution is 5.74. The van der Waals surface area contributed by atoms with Crippen molar-refractivity contribution in [2.24, 2.45) is 7.05 Å². The third kappa shape index (κ3) is 4.20. The van der Waals surface area contributed by atoms with Gasteiger partial charge in [-0.1, -0.05) is 0 Å². The second kappa shape index (κ2) is 7.42. The van der Waals surface area contributed by atoms with Crippen molar-refractivity contribution in [1.29, 1.82) is 0 Å². The summed E-state index contributed by atoms with van der Waals surface area (Å²) in [5, 5.41) is 7.02. The molecule has 1 aliphatic heterocycles. The highest BCUT2D eigenvalue weighted by Crippen LogP contribution is 2.26. The maximum atomic E-state index is 12.3. The number of carbonyl (C=O) groups excluding carboxylic acids is 1. The van der Waals surface area contributed by atoms with Crippen LogP contribution in [0.25, 0.3) is 0 Å². The lowest BCUT2D eigenvalue weighted by Gasteiger charge is -2.20. The fraction of sp³-hybridized carbons (Fsp3) is 0.471. The van der Waals surface area contributed by atoms with E-state index in [2.05, 4.69) is 15.4 Å². The Morgan fingerprint density at radius 3 is 3.04 bits per heavy atom. The first-order valence-corrected chi connectivity index (χ1v) is 8.32. The quantitative estimate of drug-likeness (QED) is 0.883. The minimum absolute atomic E-state index is 0.0213. The molecular formula is C17H24N6O2. The van der Waals surface area contributed by atoms with Gasteiger partial charge in [0.2, 0.25) is 0 Å². The van der Waals surface area contributed by atoms with Gasteiger partial charge in [0.25, 0.3) is 0 Å². The van der Waals surface area contributed by atoms with Crippen LogP contribution in [0.3, 0.4) is 0 Å². The molecule has 0 unspecified atom stereocenters. The highest BCUT2D eigenvalue weighted by Gasteiger charge is 2.28. The van der Waals surface area contributed by atoms with Crippen LogP contribution in [-0.2, 0) is 13.6 Å². The molecule has 25 heavy (non-hydrogen) atoms. The van der Waals surface area contributed by atoms with Gasteiger partial charge in [0, 0.05) is 58.6 Å². The highest BCUT2D eigenvalue weighted by atomic mass is 16.5. The van der Waals surface area contributed by atoms with E-state index in [1.807, 2.05) is 44.4 Å². The molecule has 1 atom stereocenters. The van der Waals surface area contributed by atoms with Crippen molar-refractivity contribution < 1.29 is 9.53 Å². The number of aromatic nitrogens is 3. The van der Waals surface area contributed by atoms with Crippen molar-refractivity contribution >= 4 is 11.8 Å². The lowest BCUT2D eigenvalue weighted by atomic mass is 10.3. The molecule has 134 valence electrons. The first-order chi connectivity index (χ1) is 12.0. The zero-order valence-electron chi connectivity index (χ0n) is 14.8. The molecule has 2 aromatic heterocycles. The number of likely N-dealkylation sites (tertiary alicyclic amines) is 1. The van der Waals surface area contributed by atoms with Crippen LogP contribution in [-0.4, -0.2) is 59.0 Å². The number of ether oxygens (including phenoxy) is 1. The van der Waals surface area contributed by atoms with Crippen molar-refractivity contribution in [3.63, 3.8) is 0 Å². The molecule has 0 aromatic carbocycles. The monoisotopic (exact) mass is 344 g/mol. The van der Waals surface area contributed by atoms with E-state index in [4.69, 9.17) is 4.74 Å². The minimum atomic E-state index is -0.0750. The number of aryl methyl sites for hydroxylation is 1. The number of hydrogen-bond donors (Lipinski definition) is 1. The molecule has 2 amide bonds. The van der Waals surface area contributed by atoms with E-state index in [9.17, 15) is 4.79 Å². The van der Waals surface area contributed by atoms with Gasteiger partial charge in [0.1, 0.15) is 6.10 Å². The standard InChI is InChI=1S/C17H24N6O2/c1-21(2)16-15(5-4-7-18-16)25-14-6-8-23(12-14)17(24)19-9-13-10-20-22(3)11-13/h4-5,7,10-11,14H,6,8-9,12H2,1-3H3,(H,19,24)/t14-/m0/s1. The second-order valence-electron chi connectivity index (χ2n) is 6.38. The van der Waals surface area contributed by atoms with E-state index in [1.165, 1.54) is 0 Å². The van der Waals surface area contributed by atoms with Crippen molar-refractivity contribution in [2.75, 3.05) is 32.1 Å². The summed E-state index contributed by atoms with van der Waals surface area (Å²) in [6.07, 6.45) is 6.17. The molecule has 1 aliphatic rings. The molecule has 1 N–H and O–H groups in total. The Morgan fingerprint density at radius 2 is 2.32 bits per heavy atom. The van der Waals surface area contributed by atoms with Gasteiger partial charge in [-0.15, -0.1) is 0 Å². The van der Waals surface area contributed by atoms with Crippen LogP contribution in [0.5, 0.6) is 5.75 Å². The molecule has 1 saturated heterocycles. The van der Waals surface area contributed by atoms with Gasteiger partial charge in [-0.2, -0.15) is 5.10 Å². The summed E-state index contributed by atoms with van der Waals surface area (Å²) >= 11 is 0. The largest absolute Gasteiger partial charge is 0.485 e. The summed E-state index contributed by atoms with van der Waals surface area (Å²) in [5.41, 5.74) is 0.980. The van der Waals surface area contributed by atoms with E-state index in [1.54, 1.807) is 22.0 Å². The van der Waals surface area contributed by atoms with Crippen molar-refractivity contribution in [2.45, 2.75) is 19.1 Å². The lowest BCUT2D eigenvalue weighted by molar-refractivity contribution is 0.186. The Bertz CT molecular complexity index is 729. The Labute approximate surface area is 147 Å². The van der Waals surface area contributed by atoms with Crippen molar-refractivity contribution in [1.82, 2.24) is 25.0 Å². The molecule has 0 bridgehead atoms. The molecule has 8 nitrogen and oxygen atoms in total. The topological polar surface area (TPSA) is 75.5 Å². The van der Waals surface area contributed by atoms with Crippen LogP contribution in [0.1, 0.15) is 12.0 Å². The van der Waals surface area contributed by atoms with Gasteiger partial charge in [0.15, 0.2) is 11.6 Å². The Balaban J connectivity index is 1.52. The average molecular weight is 344 g/mol. The first kappa shape index (κ1) is 17.1. The lowest BCUT2D eigenvalue weighted by Crippen LogP contribution is -2.39. The van der Waals surface area contributed by atoms with E-state index >= 15 is 0 Å². The number of urea groups is 1. The summed E-state index contributed by atoms with van der Waals surface area (Å²) in [7, 11) is 5.72. The van der Waals surface area contributed by atoms with Gasteiger partial charge in [-0.3, -0.25) is 4.68 Å². The third-order valence-corrected chi connectivity index (χ3v) is 4.10. The summed E-state index contributed by atoms with van der Waals surface area (Å²) in [6, 6.07) is 3.69. The molecular weight excluding hydrogens is 320 g/mol. The molecule has 0 aliphatic carbocycles. The number of nitrogens with zero attached hydrogens (tertiary/aromatic N) is 5. The smallest absolute Gasteiger partial charge is 0.317 e. The first-order valence-electron chi connectivity index (χ1n) is 8.32. The predicted molar refractivity (Wildman–Crippen MR) is 94.6 cm³/mol. The van der Waals surface area contributed by atoms with E-state index in [-0.39, 0.29) is 12.1 Å². The SMILES string of the molecule is CN(C)c1ncccc1O[C@H]1CCN(C(=O)NCc2cnn(C)c2)C1. The Hall–Kier alpha value is -2.77. The molecule has 3 rings (SSSR count). The zero-order chi connectivity index (χ0) is 17.8. The van der Waals surface area contributed by atoms with Crippen LogP contribution >= 0.6 is 0 Å². The summed E-state index contributed by atoms with van der Waals surface area (Å²) < 4.78 is 7.79. The van der Waals surface area contributed by atoms with Crippen molar-refractivity contribution in [3.05, 3.63) is 36.3 Å². The summed E-state index contributed by atoms with van der Waals surface area (Å²) in [6.45, 7) is 1.73. The number of hydrogen-bond acceptors (Lipinski definition) is 5. The van der Waals surface area contributed by atoms with Gasteiger partial charge < -0.3 is 19.9 Å². The fourth-order valence-corrected chi connectivity index (χ4v) is 2.85. The molecule has 2 aromatic rings. The van der Waals surface area contributed by atoms with Gasteiger partial charge in [-0.25, -0.2) is 9.78 Å². The second-order valence-corrected chi connectivity index (χ2v) is 6.38. The predicted octanol–water partition coefficient (Wildman–Crippen LogP) is 1.24.